The summed E-state index contributed by atoms with van der Waals surface area (Å²) in [5.74, 6) is 5.40. The largest absolute Gasteiger partial charge is 0.271 e. The van der Waals surface area contributed by atoms with E-state index in [9.17, 15) is 4.39 Å². The van der Waals surface area contributed by atoms with E-state index >= 15 is 0 Å². The summed E-state index contributed by atoms with van der Waals surface area (Å²) in [6, 6.07) is 14.0. The molecule has 0 aliphatic rings. The van der Waals surface area contributed by atoms with Gasteiger partial charge in [-0.1, -0.05) is 28.1 Å². The quantitative estimate of drug-likeness (QED) is 0.562. The molecule has 0 amide bonds. The van der Waals surface area contributed by atoms with E-state index in [1.165, 1.54) is 12.1 Å². The molecule has 106 valence electrons. The molecule has 1 unspecified atom stereocenters. The zero-order valence-corrected chi connectivity index (χ0v) is 12.6. The molecule has 1 aromatic heterocycles. The van der Waals surface area contributed by atoms with Gasteiger partial charge in [0.15, 0.2) is 0 Å². The number of hydrogen-bond acceptors (Lipinski definition) is 3. The van der Waals surface area contributed by atoms with Crippen LogP contribution in [0.1, 0.15) is 17.2 Å². The van der Waals surface area contributed by atoms with Crippen LogP contribution in [0.5, 0.6) is 0 Å². The van der Waals surface area contributed by atoms with Gasteiger partial charge in [0.05, 0.1) is 11.6 Å². The molecule has 0 saturated carbocycles. The average molecular weight is 346 g/mol. The van der Waals surface area contributed by atoms with Crippen molar-refractivity contribution in [1.29, 1.82) is 0 Å². The van der Waals surface area contributed by atoms with E-state index in [1.54, 1.807) is 12.3 Å². The van der Waals surface area contributed by atoms with Crippen LogP contribution in [0.25, 0.3) is 10.9 Å². The summed E-state index contributed by atoms with van der Waals surface area (Å²) in [6.45, 7) is 0. The average Bonchev–Trinajstić information content (AvgIpc) is 2.51. The standard InChI is InChI=1S/C16H13BrFN3/c17-14-5-4-12(18)9-13(14)16(21-19)11-3-6-15-10(8-11)2-1-7-20-15/h1-9,16,21H,19H2. The lowest BCUT2D eigenvalue weighted by atomic mass is 9.98. The maximum atomic E-state index is 13.5. The maximum Gasteiger partial charge on any atom is 0.123 e. The molecular formula is C16H13BrFN3. The van der Waals surface area contributed by atoms with Crippen LogP contribution in [0, 0.1) is 5.82 Å². The number of rotatable bonds is 3. The molecule has 3 N–H and O–H groups in total. The predicted octanol–water partition coefficient (Wildman–Crippen LogP) is 3.69. The van der Waals surface area contributed by atoms with Crippen LogP contribution in [0.2, 0.25) is 0 Å². The molecule has 0 saturated heterocycles. The highest BCUT2D eigenvalue weighted by atomic mass is 79.9. The molecular weight excluding hydrogens is 333 g/mol. The summed E-state index contributed by atoms with van der Waals surface area (Å²) in [7, 11) is 0. The molecule has 2 aromatic carbocycles. The number of halogens is 2. The normalized spacial score (nSPS) is 12.5. The fraction of sp³-hybridized carbons (Fsp3) is 0.0625. The van der Waals surface area contributed by atoms with E-state index in [1.807, 2.05) is 30.3 Å². The highest BCUT2D eigenvalue weighted by Gasteiger charge is 2.16. The van der Waals surface area contributed by atoms with Gasteiger partial charge < -0.3 is 0 Å². The number of nitrogens with two attached hydrogens (primary N) is 1. The van der Waals surface area contributed by atoms with Crippen molar-refractivity contribution in [3.05, 3.63) is 76.1 Å². The Bertz CT molecular complexity index is 791. The number of benzene rings is 2. The summed E-state index contributed by atoms with van der Waals surface area (Å²) in [5.41, 5.74) is 5.36. The van der Waals surface area contributed by atoms with Gasteiger partial charge in [-0.15, -0.1) is 0 Å². The second kappa shape index (κ2) is 5.89. The molecule has 3 rings (SSSR count). The van der Waals surface area contributed by atoms with Crippen molar-refractivity contribution >= 4 is 26.8 Å². The van der Waals surface area contributed by atoms with Crippen LogP contribution in [0.4, 0.5) is 4.39 Å². The second-order valence-electron chi connectivity index (χ2n) is 4.72. The van der Waals surface area contributed by atoms with Gasteiger partial charge in [-0.05, 0) is 47.5 Å². The van der Waals surface area contributed by atoms with Crippen LogP contribution in [0.3, 0.4) is 0 Å². The zero-order valence-electron chi connectivity index (χ0n) is 11.1. The van der Waals surface area contributed by atoms with E-state index in [0.29, 0.717) is 0 Å². The molecule has 0 aliphatic heterocycles. The van der Waals surface area contributed by atoms with Gasteiger partial charge in [0.25, 0.3) is 0 Å². The van der Waals surface area contributed by atoms with Crippen molar-refractivity contribution < 1.29 is 4.39 Å². The van der Waals surface area contributed by atoms with Crippen molar-refractivity contribution in [2.75, 3.05) is 0 Å². The summed E-state index contributed by atoms with van der Waals surface area (Å²) >= 11 is 3.44. The number of nitrogens with zero attached hydrogens (tertiary/aromatic N) is 1. The summed E-state index contributed by atoms with van der Waals surface area (Å²) < 4.78 is 14.3. The Morgan fingerprint density at radius 2 is 2.00 bits per heavy atom. The Morgan fingerprint density at radius 1 is 1.14 bits per heavy atom. The Labute approximate surface area is 130 Å². The lowest BCUT2D eigenvalue weighted by Crippen LogP contribution is -2.29. The van der Waals surface area contributed by atoms with Crippen LogP contribution in [-0.2, 0) is 0 Å². The fourth-order valence-electron chi connectivity index (χ4n) is 2.38. The highest BCUT2D eigenvalue weighted by molar-refractivity contribution is 9.10. The molecule has 1 heterocycles. The number of nitrogens with one attached hydrogen (secondary N) is 1. The number of hydrogen-bond donors (Lipinski definition) is 2. The Balaban J connectivity index is 2.11. The first-order chi connectivity index (χ1) is 10.2. The molecule has 5 heteroatoms. The van der Waals surface area contributed by atoms with Crippen LogP contribution in [0.15, 0.2) is 59.2 Å². The van der Waals surface area contributed by atoms with Gasteiger partial charge in [-0.25, -0.2) is 9.82 Å². The van der Waals surface area contributed by atoms with Crippen molar-refractivity contribution in [1.82, 2.24) is 10.4 Å². The third-order valence-corrected chi connectivity index (χ3v) is 4.12. The molecule has 0 radical (unpaired) electrons. The van der Waals surface area contributed by atoms with Crippen molar-refractivity contribution in [3.63, 3.8) is 0 Å². The lowest BCUT2D eigenvalue weighted by Gasteiger charge is -2.19. The van der Waals surface area contributed by atoms with Gasteiger partial charge in [0.1, 0.15) is 5.82 Å². The van der Waals surface area contributed by atoms with Crippen molar-refractivity contribution in [2.24, 2.45) is 5.84 Å². The van der Waals surface area contributed by atoms with Gasteiger partial charge >= 0.3 is 0 Å². The molecule has 21 heavy (non-hydrogen) atoms. The number of pyridine rings is 1. The number of hydrazine groups is 1. The minimum Gasteiger partial charge on any atom is -0.271 e. The summed E-state index contributed by atoms with van der Waals surface area (Å²) in [4.78, 5) is 4.29. The topological polar surface area (TPSA) is 50.9 Å². The van der Waals surface area contributed by atoms with E-state index in [2.05, 4.69) is 26.3 Å². The smallest absolute Gasteiger partial charge is 0.123 e. The van der Waals surface area contributed by atoms with E-state index in [0.717, 1.165) is 26.5 Å². The molecule has 1 atom stereocenters. The molecule has 0 fully saturated rings. The van der Waals surface area contributed by atoms with E-state index in [4.69, 9.17) is 5.84 Å². The number of fused-ring (bicyclic) bond motifs is 1. The lowest BCUT2D eigenvalue weighted by molar-refractivity contribution is 0.603. The third kappa shape index (κ3) is 2.81. The first-order valence-electron chi connectivity index (χ1n) is 6.45. The minimum absolute atomic E-state index is 0.295. The molecule has 3 nitrogen and oxygen atoms in total. The molecule has 3 aromatic rings. The van der Waals surface area contributed by atoms with Gasteiger partial charge in [0, 0.05) is 16.1 Å². The van der Waals surface area contributed by atoms with Gasteiger partial charge in [0.2, 0.25) is 0 Å². The van der Waals surface area contributed by atoms with Gasteiger partial charge in [-0.3, -0.25) is 10.8 Å². The Kier molecular flexibility index (Phi) is 3.96. The number of aromatic nitrogens is 1. The monoisotopic (exact) mass is 345 g/mol. The first kappa shape index (κ1) is 14.1. The SMILES string of the molecule is NNC(c1ccc2ncccc2c1)c1cc(F)ccc1Br. The summed E-state index contributed by atoms with van der Waals surface area (Å²) in [5, 5.41) is 1.02. The molecule has 0 bridgehead atoms. The zero-order chi connectivity index (χ0) is 14.8. The maximum absolute atomic E-state index is 13.5. The first-order valence-corrected chi connectivity index (χ1v) is 7.24. The van der Waals surface area contributed by atoms with Crippen LogP contribution < -0.4 is 11.3 Å². The minimum atomic E-state index is -0.306. The van der Waals surface area contributed by atoms with E-state index < -0.39 is 0 Å². The second-order valence-corrected chi connectivity index (χ2v) is 5.58. The van der Waals surface area contributed by atoms with Crippen LogP contribution in [-0.4, -0.2) is 4.98 Å². The third-order valence-electron chi connectivity index (χ3n) is 3.40. The summed E-state index contributed by atoms with van der Waals surface area (Å²) in [6.07, 6.45) is 1.75. The van der Waals surface area contributed by atoms with Crippen molar-refractivity contribution in [2.45, 2.75) is 6.04 Å². The molecule has 0 aliphatic carbocycles. The highest BCUT2D eigenvalue weighted by Crippen LogP contribution is 2.30. The van der Waals surface area contributed by atoms with Crippen molar-refractivity contribution in [3.8, 4) is 0 Å². The molecule has 0 spiro atoms. The predicted molar refractivity (Wildman–Crippen MR) is 85.0 cm³/mol. The fourth-order valence-corrected chi connectivity index (χ4v) is 2.85. The Hall–Kier alpha value is -1.82. The van der Waals surface area contributed by atoms with Crippen LogP contribution >= 0.6 is 15.9 Å². The van der Waals surface area contributed by atoms with Gasteiger partial charge in [-0.2, -0.15) is 0 Å². The Morgan fingerprint density at radius 3 is 2.81 bits per heavy atom. The van der Waals surface area contributed by atoms with E-state index in [-0.39, 0.29) is 11.9 Å².